The quantitative estimate of drug-likeness (QED) is 0.479. The third-order valence-corrected chi connectivity index (χ3v) is 3.03. The number of nitrogens with zero attached hydrogens (tertiary/aromatic N) is 1. The summed E-state index contributed by atoms with van der Waals surface area (Å²) in [5.41, 5.74) is 6.22. The van der Waals surface area contributed by atoms with Crippen LogP contribution in [0.1, 0.15) is 17.3 Å². The highest BCUT2D eigenvalue weighted by atomic mass is 16.3. The van der Waals surface area contributed by atoms with Crippen molar-refractivity contribution in [2.24, 2.45) is 0 Å². The lowest BCUT2D eigenvalue weighted by atomic mass is 10.1. The molecule has 0 radical (unpaired) electrons. The molecule has 1 unspecified atom stereocenters. The lowest BCUT2D eigenvalue weighted by Crippen LogP contribution is -2.55. The highest BCUT2D eigenvalue weighted by molar-refractivity contribution is 6.02. The minimum absolute atomic E-state index is 0.0262. The second-order valence-corrected chi connectivity index (χ2v) is 4.24. The van der Waals surface area contributed by atoms with Gasteiger partial charge >= 0.3 is 0 Å². The summed E-state index contributed by atoms with van der Waals surface area (Å²) in [4.78, 5) is 25.2. The highest BCUT2D eigenvalue weighted by Crippen LogP contribution is 2.21. The lowest BCUT2D eigenvalue weighted by Gasteiger charge is -2.33. The summed E-state index contributed by atoms with van der Waals surface area (Å²) in [5, 5.41) is 12.1. The number of benzene rings is 1. The van der Waals surface area contributed by atoms with E-state index in [2.05, 4.69) is 5.32 Å². The SMILES string of the molecule is CC1C(=O)NCCN1C(=O)c1cc(O)ccc1N. The van der Waals surface area contributed by atoms with E-state index in [-0.39, 0.29) is 28.8 Å². The molecule has 1 aromatic carbocycles. The molecule has 96 valence electrons. The van der Waals surface area contributed by atoms with Crippen molar-refractivity contribution in [1.82, 2.24) is 10.2 Å². The van der Waals surface area contributed by atoms with Crippen LogP contribution in [-0.4, -0.2) is 41.0 Å². The van der Waals surface area contributed by atoms with Crippen molar-refractivity contribution in [2.45, 2.75) is 13.0 Å². The van der Waals surface area contributed by atoms with Gasteiger partial charge < -0.3 is 21.1 Å². The zero-order chi connectivity index (χ0) is 13.3. The summed E-state index contributed by atoms with van der Waals surface area (Å²) in [7, 11) is 0. The molecule has 0 aliphatic carbocycles. The molecule has 1 saturated heterocycles. The van der Waals surface area contributed by atoms with Crippen LogP contribution in [0.15, 0.2) is 18.2 Å². The molecule has 1 heterocycles. The number of nitrogens with two attached hydrogens (primary N) is 1. The lowest BCUT2D eigenvalue weighted by molar-refractivity contribution is -0.127. The number of piperazine rings is 1. The van der Waals surface area contributed by atoms with Crippen LogP contribution < -0.4 is 11.1 Å². The first kappa shape index (κ1) is 12.2. The fourth-order valence-electron chi connectivity index (χ4n) is 1.94. The van der Waals surface area contributed by atoms with Gasteiger partial charge in [0.15, 0.2) is 0 Å². The Hall–Kier alpha value is -2.24. The maximum absolute atomic E-state index is 12.3. The molecule has 18 heavy (non-hydrogen) atoms. The van der Waals surface area contributed by atoms with Crippen molar-refractivity contribution in [3.63, 3.8) is 0 Å². The zero-order valence-corrected chi connectivity index (χ0v) is 10.0. The first-order chi connectivity index (χ1) is 8.50. The monoisotopic (exact) mass is 249 g/mol. The van der Waals surface area contributed by atoms with Crippen molar-refractivity contribution in [2.75, 3.05) is 18.8 Å². The molecule has 0 spiro atoms. The predicted molar refractivity (Wildman–Crippen MR) is 66.0 cm³/mol. The molecule has 1 aliphatic heterocycles. The standard InChI is InChI=1S/C12H15N3O3/c1-7-11(17)14-4-5-15(7)12(18)9-6-8(16)2-3-10(9)13/h2-3,6-7,16H,4-5,13H2,1H3,(H,14,17). The number of nitrogen functional groups attached to an aromatic ring is 1. The molecule has 4 N–H and O–H groups in total. The van der Waals surface area contributed by atoms with Gasteiger partial charge in [-0.25, -0.2) is 0 Å². The van der Waals surface area contributed by atoms with Crippen LogP contribution in [0, 0.1) is 0 Å². The van der Waals surface area contributed by atoms with Crippen LogP contribution in [0.5, 0.6) is 5.75 Å². The minimum atomic E-state index is -0.534. The van der Waals surface area contributed by atoms with Crippen LogP contribution in [0.2, 0.25) is 0 Å². The molecule has 1 atom stereocenters. The number of hydrogen-bond donors (Lipinski definition) is 3. The van der Waals surface area contributed by atoms with Gasteiger partial charge in [0.25, 0.3) is 5.91 Å². The zero-order valence-electron chi connectivity index (χ0n) is 10.0. The first-order valence-corrected chi connectivity index (χ1v) is 5.68. The molecular formula is C12H15N3O3. The third kappa shape index (κ3) is 2.09. The number of carbonyl (C=O) groups is 2. The van der Waals surface area contributed by atoms with E-state index >= 15 is 0 Å². The van der Waals surface area contributed by atoms with Gasteiger partial charge in [-0.3, -0.25) is 9.59 Å². The number of rotatable bonds is 1. The van der Waals surface area contributed by atoms with Crippen LogP contribution in [0.3, 0.4) is 0 Å². The molecule has 1 fully saturated rings. The Morgan fingerprint density at radius 1 is 1.56 bits per heavy atom. The van der Waals surface area contributed by atoms with Crippen molar-refractivity contribution in [3.05, 3.63) is 23.8 Å². The Labute approximate surface area is 104 Å². The molecule has 2 rings (SSSR count). The van der Waals surface area contributed by atoms with E-state index in [1.54, 1.807) is 6.92 Å². The maximum Gasteiger partial charge on any atom is 0.256 e. The fraction of sp³-hybridized carbons (Fsp3) is 0.333. The van der Waals surface area contributed by atoms with Crippen LogP contribution >= 0.6 is 0 Å². The number of phenols is 1. The summed E-state index contributed by atoms with van der Waals surface area (Å²) in [6.07, 6.45) is 0. The average molecular weight is 249 g/mol. The van der Waals surface area contributed by atoms with Gasteiger partial charge in [0, 0.05) is 18.8 Å². The van der Waals surface area contributed by atoms with Crippen LogP contribution in [0.4, 0.5) is 5.69 Å². The number of aromatic hydroxyl groups is 1. The van der Waals surface area contributed by atoms with Gasteiger partial charge in [0.05, 0.1) is 5.56 Å². The molecule has 1 aromatic rings. The topological polar surface area (TPSA) is 95.7 Å². The summed E-state index contributed by atoms with van der Waals surface area (Å²) in [5.74, 6) is -0.555. The van der Waals surface area contributed by atoms with Gasteiger partial charge in [-0.2, -0.15) is 0 Å². The molecule has 0 bridgehead atoms. The second kappa shape index (κ2) is 4.56. The summed E-state index contributed by atoms with van der Waals surface area (Å²) < 4.78 is 0. The fourth-order valence-corrected chi connectivity index (χ4v) is 1.94. The minimum Gasteiger partial charge on any atom is -0.508 e. The largest absolute Gasteiger partial charge is 0.508 e. The van der Waals surface area contributed by atoms with E-state index in [0.29, 0.717) is 13.1 Å². The molecule has 6 heteroatoms. The number of anilines is 1. The Bertz CT molecular complexity index is 501. The number of phenolic OH excluding ortho intramolecular Hbond substituents is 1. The van der Waals surface area contributed by atoms with E-state index in [4.69, 9.17) is 5.73 Å². The summed E-state index contributed by atoms with van der Waals surface area (Å²) in [6, 6.07) is 3.67. The number of amides is 2. The Kier molecular flexibility index (Phi) is 3.10. The van der Waals surface area contributed by atoms with Gasteiger partial charge in [0.1, 0.15) is 11.8 Å². The van der Waals surface area contributed by atoms with Gasteiger partial charge in [-0.15, -0.1) is 0 Å². The van der Waals surface area contributed by atoms with Gasteiger partial charge in [0.2, 0.25) is 5.91 Å². The molecule has 6 nitrogen and oxygen atoms in total. The summed E-state index contributed by atoms with van der Waals surface area (Å²) in [6.45, 7) is 2.51. The first-order valence-electron chi connectivity index (χ1n) is 5.68. The van der Waals surface area contributed by atoms with Crippen molar-refractivity contribution in [1.29, 1.82) is 0 Å². The molecule has 0 aromatic heterocycles. The number of nitrogens with one attached hydrogen (secondary N) is 1. The molecular weight excluding hydrogens is 234 g/mol. The smallest absolute Gasteiger partial charge is 0.256 e. The normalized spacial score (nSPS) is 19.5. The predicted octanol–water partition coefficient (Wildman–Crippen LogP) is -0.0651. The highest BCUT2D eigenvalue weighted by Gasteiger charge is 2.30. The molecule has 2 amide bonds. The van der Waals surface area contributed by atoms with Crippen molar-refractivity contribution in [3.8, 4) is 5.75 Å². The van der Waals surface area contributed by atoms with Gasteiger partial charge in [-0.05, 0) is 25.1 Å². The van der Waals surface area contributed by atoms with Gasteiger partial charge in [-0.1, -0.05) is 0 Å². The van der Waals surface area contributed by atoms with E-state index in [1.807, 2.05) is 0 Å². The van der Waals surface area contributed by atoms with Crippen molar-refractivity contribution >= 4 is 17.5 Å². The Morgan fingerprint density at radius 2 is 2.28 bits per heavy atom. The Morgan fingerprint density at radius 3 is 3.00 bits per heavy atom. The molecule has 1 aliphatic rings. The third-order valence-electron chi connectivity index (χ3n) is 3.03. The van der Waals surface area contributed by atoms with E-state index in [1.165, 1.54) is 23.1 Å². The number of hydrogen-bond acceptors (Lipinski definition) is 4. The van der Waals surface area contributed by atoms with E-state index < -0.39 is 6.04 Å². The second-order valence-electron chi connectivity index (χ2n) is 4.24. The average Bonchev–Trinajstić information content (AvgIpc) is 2.35. The van der Waals surface area contributed by atoms with E-state index in [0.717, 1.165) is 0 Å². The van der Waals surface area contributed by atoms with E-state index in [9.17, 15) is 14.7 Å². The maximum atomic E-state index is 12.3. The Balaban J connectivity index is 2.30. The van der Waals surface area contributed by atoms with Crippen LogP contribution in [-0.2, 0) is 4.79 Å². The number of carbonyl (C=O) groups excluding carboxylic acids is 2. The molecule has 0 saturated carbocycles. The summed E-state index contributed by atoms with van der Waals surface area (Å²) >= 11 is 0. The van der Waals surface area contributed by atoms with Crippen LogP contribution in [0.25, 0.3) is 0 Å². The van der Waals surface area contributed by atoms with Crippen molar-refractivity contribution < 1.29 is 14.7 Å².